The summed E-state index contributed by atoms with van der Waals surface area (Å²) in [6, 6.07) is 0. The van der Waals surface area contributed by atoms with Crippen LogP contribution in [0.25, 0.3) is 0 Å². The monoisotopic (exact) mass is 969 g/mol. The number of unbranched alkanes of at least 4 members (excludes halogenated alkanes) is 39. The predicted molar refractivity (Wildman–Crippen MR) is 298 cm³/mol. The van der Waals surface area contributed by atoms with Crippen LogP contribution in [0, 0.1) is 0 Å². The average molecular weight is 970 g/mol. The maximum absolute atomic E-state index is 12.8. The third-order valence-electron chi connectivity index (χ3n) is 13.6. The Balaban J connectivity index is 4.21. The third-order valence-corrected chi connectivity index (χ3v) is 13.6. The summed E-state index contributed by atoms with van der Waals surface area (Å²) >= 11 is 0. The van der Waals surface area contributed by atoms with Crippen LogP contribution in [-0.2, 0) is 28.6 Å². The quantitative estimate of drug-likeness (QED) is 0.0261. The van der Waals surface area contributed by atoms with Crippen molar-refractivity contribution >= 4 is 17.9 Å². The lowest BCUT2D eigenvalue weighted by atomic mass is 10.0. The van der Waals surface area contributed by atoms with Crippen molar-refractivity contribution in [3.8, 4) is 0 Å². The van der Waals surface area contributed by atoms with Crippen LogP contribution in [0.4, 0.5) is 0 Å². The molecule has 404 valence electrons. The average Bonchev–Trinajstić information content (AvgIpc) is 3.35. The van der Waals surface area contributed by atoms with Crippen molar-refractivity contribution in [2.45, 2.75) is 335 Å². The van der Waals surface area contributed by atoms with E-state index in [4.69, 9.17) is 14.2 Å². The SMILES string of the molecule is CCCCC/C=C\CCCCCCCC(=O)OCC(COC(=O)CCCCCCCCCCCCCCC/C=C\CCCCCCCCCC)OC(=O)CCCCCCC/C=C\CCCCCCC. The van der Waals surface area contributed by atoms with Crippen molar-refractivity contribution in [3.05, 3.63) is 36.5 Å². The molecule has 0 saturated carbocycles. The van der Waals surface area contributed by atoms with Gasteiger partial charge in [0, 0.05) is 19.3 Å². The molecular weight excluding hydrogens is 853 g/mol. The highest BCUT2D eigenvalue weighted by atomic mass is 16.6. The van der Waals surface area contributed by atoms with Gasteiger partial charge in [0.1, 0.15) is 13.2 Å². The van der Waals surface area contributed by atoms with Gasteiger partial charge in [-0.15, -0.1) is 0 Å². The minimum atomic E-state index is -0.777. The molecule has 0 radical (unpaired) electrons. The van der Waals surface area contributed by atoms with E-state index in [1.54, 1.807) is 0 Å². The summed E-state index contributed by atoms with van der Waals surface area (Å²) in [5.41, 5.74) is 0. The number of allylic oxidation sites excluding steroid dienone is 6. The van der Waals surface area contributed by atoms with E-state index in [0.717, 1.165) is 70.6 Å². The van der Waals surface area contributed by atoms with E-state index >= 15 is 0 Å². The largest absolute Gasteiger partial charge is 0.462 e. The summed E-state index contributed by atoms with van der Waals surface area (Å²) < 4.78 is 16.9. The second-order valence-electron chi connectivity index (χ2n) is 20.6. The third kappa shape index (κ3) is 56.4. The van der Waals surface area contributed by atoms with Crippen molar-refractivity contribution in [3.63, 3.8) is 0 Å². The van der Waals surface area contributed by atoms with E-state index < -0.39 is 6.10 Å². The van der Waals surface area contributed by atoms with E-state index in [-0.39, 0.29) is 31.1 Å². The zero-order chi connectivity index (χ0) is 50.0. The Bertz CT molecular complexity index is 1160. The lowest BCUT2D eigenvalue weighted by molar-refractivity contribution is -0.167. The molecule has 6 heteroatoms. The summed E-state index contributed by atoms with van der Waals surface area (Å²) in [5.74, 6) is -0.878. The lowest BCUT2D eigenvalue weighted by Crippen LogP contribution is -2.30. The lowest BCUT2D eigenvalue weighted by Gasteiger charge is -2.18. The normalized spacial score (nSPS) is 12.2. The van der Waals surface area contributed by atoms with Crippen LogP contribution in [0.5, 0.6) is 0 Å². The van der Waals surface area contributed by atoms with Crippen molar-refractivity contribution in [1.29, 1.82) is 0 Å². The summed E-state index contributed by atoms with van der Waals surface area (Å²) in [4.78, 5) is 38.1. The highest BCUT2D eigenvalue weighted by molar-refractivity contribution is 5.71. The number of esters is 3. The zero-order valence-corrected chi connectivity index (χ0v) is 46.3. The number of carbonyl (C=O) groups excluding carboxylic acids is 3. The Labute approximate surface area is 429 Å². The second-order valence-corrected chi connectivity index (χ2v) is 20.6. The number of ether oxygens (including phenoxy) is 3. The van der Waals surface area contributed by atoms with Crippen molar-refractivity contribution < 1.29 is 28.6 Å². The first-order valence-electron chi connectivity index (χ1n) is 30.5. The molecule has 0 aromatic carbocycles. The van der Waals surface area contributed by atoms with Gasteiger partial charge in [0.05, 0.1) is 0 Å². The van der Waals surface area contributed by atoms with Crippen LogP contribution in [0.15, 0.2) is 36.5 Å². The molecule has 0 amide bonds. The van der Waals surface area contributed by atoms with Crippen LogP contribution in [0.3, 0.4) is 0 Å². The molecule has 0 rings (SSSR count). The molecule has 69 heavy (non-hydrogen) atoms. The fourth-order valence-electron chi connectivity index (χ4n) is 8.96. The Hall–Kier alpha value is -2.37. The summed E-state index contributed by atoms with van der Waals surface area (Å²) in [7, 11) is 0. The van der Waals surface area contributed by atoms with E-state index in [0.29, 0.717) is 19.3 Å². The maximum Gasteiger partial charge on any atom is 0.306 e. The standard InChI is InChI=1S/C63H116O6/c1-4-7-10-13-16-19-22-25-27-28-29-30-31-32-33-34-35-36-37-39-41-44-47-50-53-56-62(65)68-59-60(58-67-61(64)55-52-49-46-43-40-24-21-18-15-12-9-6-3)69-63(66)57-54-51-48-45-42-38-26-23-20-17-14-11-8-5-2/h18,21,23,26,28-29,60H,4-17,19-20,22,24-25,27,30-59H2,1-3H3/b21-18-,26-23-,29-28-. The molecule has 1 unspecified atom stereocenters. The Morgan fingerprint density at radius 2 is 0.478 bits per heavy atom. The smallest absolute Gasteiger partial charge is 0.306 e. The Morgan fingerprint density at radius 3 is 0.754 bits per heavy atom. The molecule has 0 aromatic heterocycles. The molecule has 0 aliphatic rings. The Morgan fingerprint density at radius 1 is 0.275 bits per heavy atom. The van der Waals surface area contributed by atoms with E-state index in [9.17, 15) is 14.4 Å². The summed E-state index contributed by atoms with van der Waals surface area (Å²) in [6.45, 7) is 6.63. The first-order valence-corrected chi connectivity index (χ1v) is 30.5. The van der Waals surface area contributed by atoms with Gasteiger partial charge in [0.25, 0.3) is 0 Å². The summed E-state index contributed by atoms with van der Waals surface area (Å²) in [6.07, 6.45) is 70.1. The van der Waals surface area contributed by atoms with Crippen LogP contribution in [-0.4, -0.2) is 37.2 Å². The van der Waals surface area contributed by atoms with Gasteiger partial charge in [-0.1, -0.05) is 250 Å². The molecule has 0 fully saturated rings. The highest BCUT2D eigenvalue weighted by Gasteiger charge is 2.19. The zero-order valence-electron chi connectivity index (χ0n) is 46.3. The molecule has 0 heterocycles. The van der Waals surface area contributed by atoms with Crippen LogP contribution in [0.1, 0.15) is 329 Å². The maximum atomic E-state index is 12.8. The molecule has 6 nitrogen and oxygen atoms in total. The number of carbonyl (C=O) groups is 3. The molecule has 1 atom stereocenters. The second kappa shape index (κ2) is 58.2. The molecule has 0 aliphatic carbocycles. The Kier molecular flexibility index (Phi) is 56.2. The van der Waals surface area contributed by atoms with Crippen molar-refractivity contribution in [2.75, 3.05) is 13.2 Å². The van der Waals surface area contributed by atoms with Crippen LogP contribution < -0.4 is 0 Å². The predicted octanol–water partition coefficient (Wildman–Crippen LogP) is 20.4. The van der Waals surface area contributed by atoms with Gasteiger partial charge in [0.2, 0.25) is 0 Å². The highest BCUT2D eigenvalue weighted by Crippen LogP contribution is 2.16. The van der Waals surface area contributed by atoms with E-state index in [2.05, 4.69) is 57.2 Å². The van der Waals surface area contributed by atoms with Gasteiger partial charge in [-0.25, -0.2) is 0 Å². The molecular formula is C63H116O6. The first kappa shape index (κ1) is 66.6. The number of hydrogen-bond acceptors (Lipinski definition) is 6. The van der Waals surface area contributed by atoms with Gasteiger partial charge < -0.3 is 14.2 Å². The van der Waals surface area contributed by atoms with Gasteiger partial charge in [0.15, 0.2) is 6.10 Å². The van der Waals surface area contributed by atoms with Crippen LogP contribution >= 0.6 is 0 Å². The fraction of sp³-hybridized carbons (Fsp3) is 0.857. The first-order chi connectivity index (χ1) is 34.0. The van der Waals surface area contributed by atoms with E-state index in [1.165, 1.54) is 218 Å². The van der Waals surface area contributed by atoms with Gasteiger partial charge in [-0.2, -0.15) is 0 Å². The minimum Gasteiger partial charge on any atom is -0.462 e. The molecule has 0 spiro atoms. The van der Waals surface area contributed by atoms with Crippen LogP contribution in [0.2, 0.25) is 0 Å². The number of rotatable bonds is 56. The van der Waals surface area contributed by atoms with Gasteiger partial charge in [-0.3, -0.25) is 14.4 Å². The molecule has 0 N–H and O–H groups in total. The topological polar surface area (TPSA) is 78.9 Å². The molecule has 0 bridgehead atoms. The van der Waals surface area contributed by atoms with E-state index in [1.807, 2.05) is 0 Å². The minimum absolute atomic E-state index is 0.0755. The van der Waals surface area contributed by atoms with Gasteiger partial charge >= 0.3 is 17.9 Å². The van der Waals surface area contributed by atoms with Gasteiger partial charge in [-0.05, 0) is 96.3 Å². The fourth-order valence-corrected chi connectivity index (χ4v) is 8.96. The van der Waals surface area contributed by atoms with Crippen molar-refractivity contribution in [2.24, 2.45) is 0 Å². The molecule has 0 saturated heterocycles. The summed E-state index contributed by atoms with van der Waals surface area (Å²) in [5, 5.41) is 0. The molecule has 0 aliphatic heterocycles. The van der Waals surface area contributed by atoms with Crippen molar-refractivity contribution in [1.82, 2.24) is 0 Å². The molecule has 0 aromatic rings. The number of hydrogen-bond donors (Lipinski definition) is 0.